The Morgan fingerprint density at radius 1 is 1.00 bits per heavy atom. The maximum absolute atomic E-state index is 5.66. The van der Waals surface area contributed by atoms with Gasteiger partial charge in [-0.05, 0) is 31.1 Å². The van der Waals surface area contributed by atoms with E-state index in [1.54, 1.807) is 0 Å². The molecule has 0 aliphatic heterocycles. The number of nitrogens with two attached hydrogens (primary N) is 1. The molecule has 2 aliphatic rings. The summed E-state index contributed by atoms with van der Waals surface area (Å²) in [5, 5.41) is 0. The molecule has 0 aromatic rings. The first-order valence-electron chi connectivity index (χ1n) is 3.12. The van der Waals surface area contributed by atoms with Gasteiger partial charge in [0.05, 0.1) is 0 Å². The Morgan fingerprint density at radius 3 is 1.75 bits per heavy atom. The second-order valence-corrected chi connectivity index (χ2v) is 2.99. The SMILES string of the molecule is Cl.NC1C[C@H]2C[C@@H]2C1. The molecule has 2 heteroatoms. The third-order valence-corrected chi connectivity index (χ3v) is 2.28. The van der Waals surface area contributed by atoms with Crippen molar-refractivity contribution in [1.82, 2.24) is 0 Å². The average molecular weight is 134 g/mol. The zero-order valence-electron chi connectivity index (χ0n) is 4.84. The molecule has 0 radical (unpaired) electrons. The van der Waals surface area contributed by atoms with Crippen molar-refractivity contribution in [3.8, 4) is 0 Å². The van der Waals surface area contributed by atoms with Crippen molar-refractivity contribution in [3.63, 3.8) is 0 Å². The second kappa shape index (κ2) is 1.89. The molecule has 8 heavy (non-hydrogen) atoms. The predicted molar refractivity (Wildman–Crippen MR) is 36.1 cm³/mol. The van der Waals surface area contributed by atoms with Crippen LogP contribution in [0.1, 0.15) is 19.3 Å². The lowest BCUT2D eigenvalue weighted by Crippen LogP contribution is -2.16. The lowest BCUT2D eigenvalue weighted by Gasteiger charge is -1.99. The van der Waals surface area contributed by atoms with Gasteiger partial charge in [-0.1, -0.05) is 0 Å². The summed E-state index contributed by atoms with van der Waals surface area (Å²) >= 11 is 0. The summed E-state index contributed by atoms with van der Waals surface area (Å²) < 4.78 is 0. The molecule has 0 aromatic heterocycles. The van der Waals surface area contributed by atoms with Crippen molar-refractivity contribution in [3.05, 3.63) is 0 Å². The first-order chi connectivity index (χ1) is 3.36. The summed E-state index contributed by atoms with van der Waals surface area (Å²) in [4.78, 5) is 0. The van der Waals surface area contributed by atoms with Crippen LogP contribution in [-0.2, 0) is 0 Å². The van der Waals surface area contributed by atoms with Crippen LogP contribution >= 0.6 is 12.4 Å². The number of hydrogen-bond donors (Lipinski definition) is 1. The maximum atomic E-state index is 5.66. The van der Waals surface area contributed by atoms with Crippen LogP contribution < -0.4 is 5.73 Å². The van der Waals surface area contributed by atoms with Crippen molar-refractivity contribution in [1.29, 1.82) is 0 Å². The highest BCUT2D eigenvalue weighted by Crippen LogP contribution is 2.50. The minimum absolute atomic E-state index is 0. The van der Waals surface area contributed by atoms with Gasteiger partial charge in [0.2, 0.25) is 0 Å². The van der Waals surface area contributed by atoms with Crippen molar-refractivity contribution < 1.29 is 0 Å². The smallest absolute Gasteiger partial charge is 0.00443 e. The predicted octanol–water partition coefficient (Wildman–Crippen LogP) is 1.17. The minimum atomic E-state index is 0. The Hall–Kier alpha value is 0.250. The van der Waals surface area contributed by atoms with Crippen molar-refractivity contribution in [2.45, 2.75) is 25.3 Å². The van der Waals surface area contributed by atoms with E-state index in [0.29, 0.717) is 6.04 Å². The van der Waals surface area contributed by atoms with E-state index in [2.05, 4.69) is 0 Å². The van der Waals surface area contributed by atoms with Gasteiger partial charge in [-0.2, -0.15) is 0 Å². The van der Waals surface area contributed by atoms with Crippen LogP contribution in [0.2, 0.25) is 0 Å². The summed E-state index contributed by atoms with van der Waals surface area (Å²) in [6.45, 7) is 0. The highest BCUT2D eigenvalue weighted by molar-refractivity contribution is 5.85. The van der Waals surface area contributed by atoms with Crippen LogP contribution in [0.15, 0.2) is 0 Å². The first kappa shape index (κ1) is 6.37. The Kier molecular flexibility index (Phi) is 1.50. The van der Waals surface area contributed by atoms with Gasteiger partial charge >= 0.3 is 0 Å². The molecule has 2 fully saturated rings. The van der Waals surface area contributed by atoms with E-state index >= 15 is 0 Å². The van der Waals surface area contributed by atoms with Crippen LogP contribution in [0.3, 0.4) is 0 Å². The molecule has 0 bridgehead atoms. The van der Waals surface area contributed by atoms with Crippen molar-refractivity contribution >= 4 is 12.4 Å². The monoisotopic (exact) mass is 133 g/mol. The fourth-order valence-electron chi connectivity index (χ4n) is 1.76. The largest absolute Gasteiger partial charge is 0.328 e. The molecule has 0 unspecified atom stereocenters. The summed E-state index contributed by atoms with van der Waals surface area (Å²) in [5.74, 6) is 2.13. The summed E-state index contributed by atoms with van der Waals surface area (Å²) in [7, 11) is 0. The molecule has 2 atom stereocenters. The molecule has 2 rings (SSSR count). The Labute approximate surface area is 56.0 Å². The van der Waals surface area contributed by atoms with Crippen LogP contribution in [0.4, 0.5) is 0 Å². The first-order valence-corrected chi connectivity index (χ1v) is 3.12. The Morgan fingerprint density at radius 2 is 1.50 bits per heavy atom. The molecule has 1 nitrogen and oxygen atoms in total. The van der Waals surface area contributed by atoms with E-state index in [9.17, 15) is 0 Å². The van der Waals surface area contributed by atoms with E-state index in [1.165, 1.54) is 19.3 Å². The van der Waals surface area contributed by atoms with Crippen LogP contribution in [0, 0.1) is 11.8 Å². The van der Waals surface area contributed by atoms with Gasteiger partial charge < -0.3 is 5.73 Å². The van der Waals surface area contributed by atoms with E-state index < -0.39 is 0 Å². The fourth-order valence-corrected chi connectivity index (χ4v) is 1.76. The number of hydrogen-bond acceptors (Lipinski definition) is 1. The Bertz CT molecular complexity index is 84.5. The molecule has 2 saturated carbocycles. The highest BCUT2D eigenvalue weighted by Gasteiger charge is 2.44. The van der Waals surface area contributed by atoms with Crippen LogP contribution in [-0.4, -0.2) is 6.04 Å². The summed E-state index contributed by atoms with van der Waals surface area (Å²) in [5.41, 5.74) is 5.66. The maximum Gasteiger partial charge on any atom is 0.00443 e. The zero-order valence-corrected chi connectivity index (χ0v) is 5.66. The number of fused-ring (bicyclic) bond motifs is 1. The fraction of sp³-hybridized carbons (Fsp3) is 1.00. The normalized spacial score (nSPS) is 43.1. The molecule has 0 amide bonds. The van der Waals surface area contributed by atoms with Gasteiger partial charge in [-0.3, -0.25) is 0 Å². The molecule has 0 aromatic carbocycles. The molecular weight excluding hydrogens is 122 g/mol. The quantitative estimate of drug-likeness (QED) is 0.528. The topological polar surface area (TPSA) is 26.0 Å². The van der Waals surface area contributed by atoms with E-state index in [1.807, 2.05) is 0 Å². The van der Waals surface area contributed by atoms with Gasteiger partial charge in [0.15, 0.2) is 0 Å². The molecule has 2 aliphatic carbocycles. The van der Waals surface area contributed by atoms with Gasteiger partial charge in [0, 0.05) is 6.04 Å². The zero-order chi connectivity index (χ0) is 4.85. The lowest BCUT2D eigenvalue weighted by molar-refractivity contribution is 0.614. The lowest BCUT2D eigenvalue weighted by atomic mass is 10.2. The Balaban J connectivity index is 0.000000320. The van der Waals surface area contributed by atoms with Crippen molar-refractivity contribution in [2.75, 3.05) is 0 Å². The third kappa shape index (κ3) is 0.848. The summed E-state index contributed by atoms with van der Waals surface area (Å²) in [6, 6.07) is 0.573. The van der Waals surface area contributed by atoms with Gasteiger partial charge in [-0.15, -0.1) is 12.4 Å². The number of rotatable bonds is 0. The van der Waals surface area contributed by atoms with Crippen molar-refractivity contribution in [2.24, 2.45) is 17.6 Å². The molecule has 0 spiro atoms. The molecule has 2 N–H and O–H groups in total. The van der Waals surface area contributed by atoms with Gasteiger partial charge in [-0.25, -0.2) is 0 Å². The van der Waals surface area contributed by atoms with Crippen LogP contribution in [0.25, 0.3) is 0 Å². The highest BCUT2D eigenvalue weighted by atomic mass is 35.5. The number of halogens is 1. The van der Waals surface area contributed by atoms with Crippen LogP contribution in [0.5, 0.6) is 0 Å². The second-order valence-electron chi connectivity index (χ2n) is 2.99. The summed E-state index contributed by atoms with van der Waals surface area (Å²) in [6.07, 6.45) is 4.14. The van der Waals surface area contributed by atoms with E-state index in [0.717, 1.165) is 11.8 Å². The van der Waals surface area contributed by atoms with Gasteiger partial charge in [0.25, 0.3) is 0 Å². The minimum Gasteiger partial charge on any atom is -0.328 e. The molecule has 0 saturated heterocycles. The van der Waals surface area contributed by atoms with E-state index in [4.69, 9.17) is 5.73 Å². The standard InChI is InChI=1S/C6H11N.ClH/c7-6-2-4-1-5(4)3-6;/h4-6H,1-3,7H2;1H/t4-,5-;/m1./s1. The molecule has 48 valence electrons. The molecular formula is C6H12ClN. The van der Waals surface area contributed by atoms with Gasteiger partial charge in [0.1, 0.15) is 0 Å². The molecule has 0 heterocycles. The average Bonchev–Trinajstić information content (AvgIpc) is 2.15. The third-order valence-electron chi connectivity index (χ3n) is 2.28. The van der Waals surface area contributed by atoms with E-state index in [-0.39, 0.29) is 12.4 Å².